The first kappa shape index (κ1) is 21.9. The molecule has 4 aromatic heterocycles. The number of pyridine rings is 1. The van der Waals surface area contributed by atoms with Crippen LogP contribution in [0.25, 0.3) is 21.5 Å². The predicted octanol–water partition coefficient (Wildman–Crippen LogP) is 5.03. The molecule has 1 atom stereocenters. The molecule has 2 amide bonds. The first-order valence-electron chi connectivity index (χ1n) is 9.39. The van der Waals surface area contributed by atoms with Crippen molar-refractivity contribution >= 4 is 50.7 Å². The summed E-state index contributed by atoms with van der Waals surface area (Å²) in [6.45, 7) is 1.78. The lowest BCUT2D eigenvalue weighted by atomic mass is 10.1. The number of carbonyl (C=O) groups is 2. The number of nitrogens with zero attached hydrogens (tertiary/aromatic N) is 3. The van der Waals surface area contributed by atoms with Crippen molar-refractivity contribution in [2.45, 2.75) is 25.8 Å². The van der Waals surface area contributed by atoms with Crippen LogP contribution in [0.15, 0.2) is 41.3 Å². The summed E-state index contributed by atoms with van der Waals surface area (Å²) < 4.78 is 33.7. The maximum Gasteiger partial charge on any atom is 0.280 e. The molecule has 0 aromatic carbocycles. The van der Waals surface area contributed by atoms with Crippen molar-refractivity contribution in [3.05, 3.63) is 52.4 Å². The van der Waals surface area contributed by atoms with Crippen LogP contribution in [-0.4, -0.2) is 26.6 Å². The van der Waals surface area contributed by atoms with E-state index in [1.807, 2.05) is 0 Å². The third-order valence-corrected chi connectivity index (χ3v) is 6.04. The molecule has 0 saturated carbocycles. The highest BCUT2D eigenvalue weighted by atomic mass is 35.5. The molecule has 4 aromatic rings. The van der Waals surface area contributed by atoms with E-state index in [1.165, 1.54) is 29.4 Å². The molecule has 0 spiro atoms. The Bertz CT molecular complexity index is 1300. The highest BCUT2D eigenvalue weighted by Gasteiger charge is 2.28. The van der Waals surface area contributed by atoms with Crippen LogP contribution in [-0.2, 0) is 4.79 Å². The van der Waals surface area contributed by atoms with Gasteiger partial charge >= 0.3 is 0 Å². The number of nitrogens with one attached hydrogen (secondary N) is 1. The Balaban J connectivity index is 1.88. The zero-order chi connectivity index (χ0) is 23.0. The van der Waals surface area contributed by atoms with Gasteiger partial charge in [-0.25, -0.2) is 13.8 Å². The van der Waals surface area contributed by atoms with Gasteiger partial charge in [0.15, 0.2) is 0 Å². The maximum absolute atomic E-state index is 13.5. The van der Waals surface area contributed by atoms with Crippen LogP contribution in [0.3, 0.4) is 0 Å². The fourth-order valence-electron chi connectivity index (χ4n) is 3.33. The van der Waals surface area contributed by atoms with Crippen LogP contribution in [0.2, 0.25) is 5.02 Å². The van der Waals surface area contributed by atoms with Crippen molar-refractivity contribution in [3.63, 3.8) is 0 Å². The number of hydrogen-bond acceptors (Lipinski definition) is 6. The van der Waals surface area contributed by atoms with Gasteiger partial charge in [-0.15, -0.1) is 11.3 Å². The lowest BCUT2D eigenvalue weighted by Crippen LogP contribution is -2.27. The highest BCUT2D eigenvalue weighted by molar-refractivity contribution is 7.21. The number of rotatable bonds is 7. The Labute approximate surface area is 189 Å². The minimum Gasteiger partial charge on any atom is -0.464 e. The third kappa shape index (κ3) is 3.96. The molecular weight excluding hydrogens is 464 g/mol. The first-order chi connectivity index (χ1) is 15.3. The van der Waals surface area contributed by atoms with Crippen molar-refractivity contribution in [3.8, 4) is 11.3 Å². The second kappa shape index (κ2) is 8.67. The molecule has 0 aliphatic carbocycles. The number of primary amides is 1. The Morgan fingerprint density at radius 2 is 2.19 bits per heavy atom. The number of anilines is 1. The van der Waals surface area contributed by atoms with Gasteiger partial charge in [-0.3, -0.25) is 14.3 Å². The summed E-state index contributed by atoms with van der Waals surface area (Å²) >= 11 is 6.73. The zero-order valence-corrected chi connectivity index (χ0v) is 18.1. The number of nitrogens with two attached hydrogens (primary N) is 1. The lowest BCUT2D eigenvalue weighted by Gasteiger charge is -2.16. The number of carbonyl (C=O) groups excluding carboxylic acids is 2. The van der Waals surface area contributed by atoms with Crippen LogP contribution in [0.1, 0.15) is 41.2 Å². The van der Waals surface area contributed by atoms with Gasteiger partial charge < -0.3 is 15.5 Å². The molecule has 0 fully saturated rings. The molecule has 1 unspecified atom stereocenters. The molecule has 8 nitrogen and oxygen atoms in total. The van der Waals surface area contributed by atoms with E-state index in [-0.39, 0.29) is 32.1 Å². The second-order valence-electron chi connectivity index (χ2n) is 6.78. The van der Waals surface area contributed by atoms with Crippen LogP contribution in [0.5, 0.6) is 0 Å². The molecule has 3 N–H and O–H groups in total. The van der Waals surface area contributed by atoms with Crippen molar-refractivity contribution in [1.82, 2.24) is 14.8 Å². The van der Waals surface area contributed by atoms with Gasteiger partial charge in [0.25, 0.3) is 12.3 Å². The van der Waals surface area contributed by atoms with E-state index >= 15 is 0 Å². The molecular formula is C20H16ClF2N5O3S. The smallest absolute Gasteiger partial charge is 0.280 e. The SMILES string of the molecule is CCC(C(=O)Nc1c(C(N)=O)sc2nc(C(F)F)cc(-c3ccco3)c12)n1cc(Cl)cn1. The molecule has 4 rings (SSSR count). The number of amides is 2. The van der Waals surface area contributed by atoms with Gasteiger partial charge in [0, 0.05) is 17.1 Å². The first-order valence-corrected chi connectivity index (χ1v) is 10.6. The average Bonchev–Trinajstić information content (AvgIpc) is 3.48. The summed E-state index contributed by atoms with van der Waals surface area (Å²) in [5.41, 5.74) is 5.38. The van der Waals surface area contributed by atoms with Crippen molar-refractivity contribution in [2.75, 3.05) is 5.32 Å². The fraction of sp³-hybridized carbons (Fsp3) is 0.200. The number of halogens is 3. The molecule has 32 heavy (non-hydrogen) atoms. The molecule has 0 radical (unpaired) electrons. The van der Waals surface area contributed by atoms with E-state index in [1.54, 1.807) is 19.1 Å². The van der Waals surface area contributed by atoms with Crippen LogP contribution in [0.4, 0.5) is 14.5 Å². The van der Waals surface area contributed by atoms with E-state index in [4.69, 9.17) is 21.8 Å². The molecule has 166 valence electrons. The van der Waals surface area contributed by atoms with E-state index in [2.05, 4.69) is 15.4 Å². The predicted molar refractivity (Wildman–Crippen MR) is 116 cm³/mol. The molecule has 4 heterocycles. The Morgan fingerprint density at radius 3 is 2.75 bits per heavy atom. The number of furan rings is 1. The van der Waals surface area contributed by atoms with Crippen LogP contribution in [0, 0.1) is 0 Å². The summed E-state index contributed by atoms with van der Waals surface area (Å²) in [5.74, 6) is -1.05. The van der Waals surface area contributed by atoms with E-state index in [9.17, 15) is 18.4 Å². The van der Waals surface area contributed by atoms with Crippen LogP contribution < -0.4 is 11.1 Å². The summed E-state index contributed by atoms with van der Waals surface area (Å²) in [4.78, 5) is 29.3. The monoisotopic (exact) mass is 479 g/mol. The minimum absolute atomic E-state index is 0.0200. The van der Waals surface area contributed by atoms with Gasteiger partial charge in [-0.2, -0.15) is 5.10 Å². The maximum atomic E-state index is 13.5. The molecule has 12 heteroatoms. The standard InChI is InChI=1S/C20H16ClF2N5O3S/c1-2-12(28-8-9(21)7-25-28)19(30)27-15-14-10(13-4-3-5-31-13)6-11(17(22)23)26-20(14)32-16(15)18(24)29/h3-8,12,17H,2H2,1H3,(H2,24,29)(H,27,30). The molecule has 0 aliphatic heterocycles. The second-order valence-corrected chi connectivity index (χ2v) is 8.21. The summed E-state index contributed by atoms with van der Waals surface area (Å²) in [6.07, 6.45) is 1.81. The topological polar surface area (TPSA) is 116 Å². The molecule has 0 bridgehead atoms. The normalized spacial score (nSPS) is 12.4. The summed E-state index contributed by atoms with van der Waals surface area (Å²) in [7, 11) is 0. The molecule has 0 saturated heterocycles. The number of hydrogen-bond donors (Lipinski definition) is 2. The highest BCUT2D eigenvalue weighted by Crippen LogP contribution is 2.42. The van der Waals surface area contributed by atoms with Crippen molar-refractivity contribution in [1.29, 1.82) is 0 Å². The lowest BCUT2D eigenvalue weighted by molar-refractivity contribution is -0.119. The fourth-order valence-corrected chi connectivity index (χ4v) is 4.49. The average molecular weight is 480 g/mol. The molecule has 0 aliphatic rings. The van der Waals surface area contributed by atoms with Gasteiger partial charge in [-0.1, -0.05) is 18.5 Å². The van der Waals surface area contributed by atoms with Crippen LogP contribution >= 0.6 is 22.9 Å². The summed E-state index contributed by atoms with van der Waals surface area (Å²) in [5, 5.41) is 7.44. The van der Waals surface area contributed by atoms with E-state index in [0.717, 1.165) is 11.3 Å². The van der Waals surface area contributed by atoms with Crippen molar-refractivity contribution < 1.29 is 22.8 Å². The number of fused-ring (bicyclic) bond motifs is 1. The Kier molecular flexibility index (Phi) is 5.94. The van der Waals surface area contributed by atoms with Crippen molar-refractivity contribution in [2.24, 2.45) is 5.73 Å². The van der Waals surface area contributed by atoms with Gasteiger partial charge in [0.1, 0.15) is 27.2 Å². The third-order valence-electron chi connectivity index (χ3n) is 4.74. The summed E-state index contributed by atoms with van der Waals surface area (Å²) in [6, 6.07) is 3.61. The van der Waals surface area contributed by atoms with E-state index < -0.39 is 30.0 Å². The number of thiophene rings is 1. The quantitative estimate of drug-likeness (QED) is 0.385. The zero-order valence-electron chi connectivity index (χ0n) is 16.5. The Hall–Kier alpha value is -3.31. The van der Waals surface area contributed by atoms with Gasteiger partial charge in [-0.05, 0) is 24.6 Å². The number of aromatic nitrogens is 3. The Morgan fingerprint density at radius 1 is 1.41 bits per heavy atom. The minimum atomic E-state index is -2.85. The van der Waals surface area contributed by atoms with Gasteiger partial charge in [0.2, 0.25) is 5.91 Å². The van der Waals surface area contributed by atoms with Gasteiger partial charge in [0.05, 0.1) is 23.2 Å². The van der Waals surface area contributed by atoms with E-state index in [0.29, 0.717) is 11.4 Å². The largest absolute Gasteiger partial charge is 0.464 e. The number of alkyl halides is 2.